The quantitative estimate of drug-likeness (QED) is 0.662. The Kier molecular flexibility index (Phi) is 6.72. The van der Waals surface area contributed by atoms with Gasteiger partial charge in [0.15, 0.2) is 0 Å². The van der Waals surface area contributed by atoms with Gasteiger partial charge in [0.1, 0.15) is 18.7 Å². The van der Waals surface area contributed by atoms with Crippen LogP contribution in [0, 0.1) is 6.92 Å². The Labute approximate surface area is 99.1 Å². The highest BCUT2D eigenvalue weighted by atomic mass is 35.5. The first-order valence-electron chi connectivity index (χ1n) is 4.36. The fourth-order valence-corrected chi connectivity index (χ4v) is 1.37. The summed E-state index contributed by atoms with van der Waals surface area (Å²) in [5, 5.41) is 1.69. The normalized spacial score (nSPS) is 8.38. The molecule has 3 nitrogen and oxygen atoms in total. The van der Waals surface area contributed by atoms with E-state index in [0.29, 0.717) is 5.15 Å². The van der Waals surface area contributed by atoms with Gasteiger partial charge < -0.3 is 9.59 Å². The van der Waals surface area contributed by atoms with Crippen LogP contribution in [0.25, 0.3) is 10.9 Å². The van der Waals surface area contributed by atoms with Crippen molar-refractivity contribution in [2.75, 3.05) is 0 Å². The fourth-order valence-electron chi connectivity index (χ4n) is 1.22. The average Bonchev–Trinajstić information content (AvgIpc) is 2.35. The molecule has 0 fully saturated rings. The Morgan fingerprint density at radius 3 is 2.31 bits per heavy atom. The maximum atomic E-state index is 8.00. The second kappa shape index (κ2) is 7.54. The summed E-state index contributed by atoms with van der Waals surface area (Å²) in [6.45, 7) is 6.06. The van der Waals surface area contributed by atoms with Gasteiger partial charge in [0.05, 0.1) is 5.52 Å². The number of fused-ring (bicyclic) bond motifs is 1. The van der Waals surface area contributed by atoms with Gasteiger partial charge in [-0.05, 0) is 31.2 Å². The lowest BCUT2D eigenvalue weighted by molar-refractivity contribution is -0.0987. The van der Waals surface area contributed by atoms with Crippen molar-refractivity contribution < 1.29 is 9.59 Å². The maximum absolute atomic E-state index is 8.00. The van der Waals surface area contributed by atoms with Crippen molar-refractivity contribution in [3.8, 4) is 0 Å². The molecule has 84 valence electrons. The van der Waals surface area contributed by atoms with E-state index < -0.39 is 0 Å². The molecule has 0 bridgehead atoms. The third-order valence-electron chi connectivity index (χ3n) is 1.81. The van der Waals surface area contributed by atoms with E-state index in [0.717, 1.165) is 10.9 Å². The third kappa shape index (κ3) is 3.79. The highest BCUT2D eigenvalue weighted by molar-refractivity contribution is 6.29. The van der Waals surface area contributed by atoms with E-state index in [1.54, 1.807) is 0 Å². The lowest BCUT2D eigenvalue weighted by Crippen LogP contribution is -1.79. The molecule has 0 saturated carbocycles. The molecule has 1 aromatic carbocycles. The first-order chi connectivity index (χ1) is 7.75. The lowest BCUT2D eigenvalue weighted by atomic mass is 10.1. The SMILES string of the molecule is C=O.C=O.Cc1ccc2nc(Cl)ccc2c1. The minimum atomic E-state index is 0.548. The molecule has 2 rings (SSSR count). The number of aromatic nitrogens is 1. The molecule has 0 N–H and O–H groups in total. The van der Waals surface area contributed by atoms with E-state index in [1.807, 2.05) is 37.8 Å². The smallest absolute Gasteiger partial charge is 0.129 e. The Balaban J connectivity index is 0.000000509. The van der Waals surface area contributed by atoms with Crippen molar-refractivity contribution in [1.29, 1.82) is 0 Å². The van der Waals surface area contributed by atoms with Gasteiger partial charge in [0.25, 0.3) is 0 Å². The summed E-state index contributed by atoms with van der Waals surface area (Å²) in [5.74, 6) is 0. The molecule has 0 aliphatic rings. The second-order valence-electron chi connectivity index (χ2n) is 2.83. The summed E-state index contributed by atoms with van der Waals surface area (Å²) < 4.78 is 0. The Morgan fingerprint density at radius 1 is 1.06 bits per heavy atom. The van der Waals surface area contributed by atoms with Crippen LogP contribution >= 0.6 is 11.6 Å². The zero-order valence-electron chi connectivity index (χ0n) is 8.94. The molecule has 2 aromatic rings. The predicted octanol–water partition coefficient (Wildman–Crippen LogP) is 2.83. The third-order valence-corrected chi connectivity index (χ3v) is 2.02. The van der Waals surface area contributed by atoms with Gasteiger partial charge in [-0.15, -0.1) is 0 Å². The molecule has 0 amide bonds. The standard InChI is InChI=1S/C10H8ClN.2CH2O/c1-7-2-4-9-8(6-7)3-5-10(11)12-9;2*1-2/h2-6H,1H3;2*1H2. The molecule has 0 radical (unpaired) electrons. The fraction of sp³-hybridized carbons (Fsp3) is 0.0833. The van der Waals surface area contributed by atoms with Crippen LogP contribution in [0.15, 0.2) is 30.3 Å². The number of benzene rings is 1. The van der Waals surface area contributed by atoms with Gasteiger partial charge in [0, 0.05) is 5.39 Å². The van der Waals surface area contributed by atoms with E-state index in [9.17, 15) is 0 Å². The predicted molar refractivity (Wildman–Crippen MR) is 65.7 cm³/mol. The topological polar surface area (TPSA) is 47.0 Å². The summed E-state index contributed by atoms with van der Waals surface area (Å²) in [6, 6.07) is 9.90. The van der Waals surface area contributed by atoms with E-state index in [2.05, 4.69) is 18.0 Å². The number of rotatable bonds is 0. The number of halogens is 1. The van der Waals surface area contributed by atoms with Crippen LogP contribution < -0.4 is 0 Å². The molecule has 0 aliphatic heterocycles. The van der Waals surface area contributed by atoms with E-state index in [4.69, 9.17) is 21.2 Å². The van der Waals surface area contributed by atoms with Crippen LogP contribution in [-0.2, 0) is 9.59 Å². The number of hydrogen-bond acceptors (Lipinski definition) is 3. The molecule has 1 heterocycles. The molecule has 0 saturated heterocycles. The number of nitrogens with zero attached hydrogens (tertiary/aromatic N) is 1. The molecule has 0 aliphatic carbocycles. The van der Waals surface area contributed by atoms with Crippen LogP contribution in [0.3, 0.4) is 0 Å². The molecule has 0 spiro atoms. The van der Waals surface area contributed by atoms with Gasteiger partial charge in [-0.1, -0.05) is 23.2 Å². The molecule has 1 aromatic heterocycles. The van der Waals surface area contributed by atoms with Crippen molar-refractivity contribution in [1.82, 2.24) is 4.98 Å². The Bertz CT molecular complexity index is 416. The monoisotopic (exact) mass is 237 g/mol. The van der Waals surface area contributed by atoms with Crippen molar-refractivity contribution in [2.45, 2.75) is 6.92 Å². The van der Waals surface area contributed by atoms with E-state index in [-0.39, 0.29) is 0 Å². The number of hydrogen-bond donors (Lipinski definition) is 0. The largest absolute Gasteiger partial charge is 0.307 e. The summed E-state index contributed by atoms with van der Waals surface area (Å²) >= 11 is 5.75. The molecule has 16 heavy (non-hydrogen) atoms. The van der Waals surface area contributed by atoms with Gasteiger partial charge in [-0.3, -0.25) is 0 Å². The summed E-state index contributed by atoms with van der Waals surface area (Å²) in [6.07, 6.45) is 0. The molecule has 0 atom stereocenters. The van der Waals surface area contributed by atoms with Crippen LogP contribution in [0.2, 0.25) is 5.15 Å². The molecule has 0 unspecified atom stereocenters. The molecular weight excluding hydrogens is 226 g/mol. The zero-order valence-corrected chi connectivity index (χ0v) is 9.70. The maximum Gasteiger partial charge on any atom is 0.129 e. The summed E-state index contributed by atoms with van der Waals surface area (Å²) in [7, 11) is 0. The van der Waals surface area contributed by atoms with Crippen LogP contribution in [0.1, 0.15) is 5.56 Å². The summed E-state index contributed by atoms with van der Waals surface area (Å²) in [4.78, 5) is 20.2. The van der Waals surface area contributed by atoms with Crippen molar-refractivity contribution in [3.05, 3.63) is 41.0 Å². The Hall–Kier alpha value is -1.74. The van der Waals surface area contributed by atoms with E-state index >= 15 is 0 Å². The minimum absolute atomic E-state index is 0.548. The zero-order chi connectivity index (χ0) is 12.6. The average molecular weight is 238 g/mol. The van der Waals surface area contributed by atoms with Crippen molar-refractivity contribution in [3.63, 3.8) is 0 Å². The molecule has 4 heteroatoms. The van der Waals surface area contributed by atoms with Crippen LogP contribution in [0.4, 0.5) is 0 Å². The second-order valence-corrected chi connectivity index (χ2v) is 3.22. The van der Waals surface area contributed by atoms with Gasteiger partial charge in [-0.2, -0.15) is 0 Å². The number of pyridine rings is 1. The Morgan fingerprint density at radius 2 is 1.69 bits per heavy atom. The van der Waals surface area contributed by atoms with Crippen LogP contribution in [0.5, 0.6) is 0 Å². The lowest BCUT2D eigenvalue weighted by Gasteiger charge is -1.98. The van der Waals surface area contributed by atoms with Crippen LogP contribution in [-0.4, -0.2) is 18.6 Å². The number of carbonyl (C=O) groups excluding carboxylic acids is 2. The number of carbonyl (C=O) groups is 2. The highest BCUT2D eigenvalue weighted by Gasteiger charge is 1.95. The van der Waals surface area contributed by atoms with E-state index in [1.165, 1.54) is 5.56 Å². The number of aryl methyl sites for hydroxylation is 1. The minimum Gasteiger partial charge on any atom is -0.307 e. The van der Waals surface area contributed by atoms with Crippen molar-refractivity contribution in [2.24, 2.45) is 0 Å². The van der Waals surface area contributed by atoms with Gasteiger partial charge in [0.2, 0.25) is 0 Å². The molecular formula is C12H12ClNO2. The first kappa shape index (κ1) is 14.3. The first-order valence-corrected chi connectivity index (χ1v) is 4.74. The van der Waals surface area contributed by atoms with Gasteiger partial charge in [-0.25, -0.2) is 4.98 Å². The summed E-state index contributed by atoms with van der Waals surface area (Å²) in [5.41, 5.74) is 2.19. The van der Waals surface area contributed by atoms with Crippen molar-refractivity contribution >= 4 is 36.1 Å². The van der Waals surface area contributed by atoms with Gasteiger partial charge >= 0.3 is 0 Å². The highest BCUT2D eigenvalue weighted by Crippen LogP contribution is 2.16.